The van der Waals surface area contributed by atoms with Crippen LogP contribution in [0.2, 0.25) is 0 Å². The lowest BCUT2D eigenvalue weighted by atomic mass is 9.99. The standard InChI is InChI=1S/C7H10F2O/c8-3-5-1-7(10)2-6(5)4-9/h5-6H,1-4H2. The van der Waals surface area contributed by atoms with Gasteiger partial charge in [0, 0.05) is 12.8 Å². The third-order valence-corrected chi connectivity index (χ3v) is 2.04. The van der Waals surface area contributed by atoms with Crippen LogP contribution in [-0.4, -0.2) is 19.1 Å². The van der Waals surface area contributed by atoms with Gasteiger partial charge in [0.25, 0.3) is 0 Å². The van der Waals surface area contributed by atoms with E-state index in [2.05, 4.69) is 0 Å². The van der Waals surface area contributed by atoms with Gasteiger partial charge in [0.15, 0.2) is 0 Å². The number of rotatable bonds is 2. The number of carbonyl (C=O) groups excluding carboxylic acids is 1. The van der Waals surface area contributed by atoms with Crippen LogP contribution in [-0.2, 0) is 4.79 Å². The second kappa shape index (κ2) is 3.08. The smallest absolute Gasteiger partial charge is 0.133 e. The molecule has 0 amide bonds. The van der Waals surface area contributed by atoms with Crippen molar-refractivity contribution in [2.75, 3.05) is 13.3 Å². The van der Waals surface area contributed by atoms with Crippen molar-refractivity contribution in [1.82, 2.24) is 0 Å². The van der Waals surface area contributed by atoms with E-state index >= 15 is 0 Å². The number of halogens is 2. The minimum absolute atomic E-state index is 0.00491. The summed E-state index contributed by atoms with van der Waals surface area (Å²) in [7, 11) is 0. The zero-order valence-corrected chi connectivity index (χ0v) is 5.65. The lowest BCUT2D eigenvalue weighted by Gasteiger charge is -2.09. The van der Waals surface area contributed by atoms with E-state index in [9.17, 15) is 13.6 Å². The van der Waals surface area contributed by atoms with Crippen LogP contribution >= 0.6 is 0 Å². The molecule has 0 radical (unpaired) electrons. The normalized spacial score (nSPS) is 33.2. The minimum atomic E-state index is -0.555. The summed E-state index contributed by atoms with van der Waals surface area (Å²) in [5.74, 6) is -0.666. The number of hydrogen-bond donors (Lipinski definition) is 0. The highest BCUT2D eigenvalue weighted by molar-refractivity contribution is 5.81. The van der Waals surface area contributed by atoms with Gasteiger partial charge in [0.2, 0.25) is 0 Å². The monoisotopic (exact) mass is 148 g/mol. The van der Waals surface area contributed by atoms with E-state index in [0.29, 0.717) is 0 Å². The molecule has 1 fully saturated rings. The van der Waals surface area contributed by atoms with Crippen LogP contribution < -0.4 is 0 Å². The highest BCUT2D eigenvalue weighted by Gasteiger charge is 2.32. The third kappa shape index (κ3) is 1.33. The average Bonchev–Trinajstić information content (AvgIpc) is 2.30. The van der Waals surface area contributed by atoms with Gasteiger partial charge in [0.05, 0.1) is 13.3 Å². The van der Waals surface area contributed by atoms with Crippen LogP contribution in [0.3, 0.4) is 0 Å². The lowest BCUT2D eigenvalue weighted by molar-refractivity contribution is -0.117. The van der Waals surface area contributed by atoms with Crippen molar-refractivity contribution < 1.29 is 13.6 Å². The molecule has 10 heavy (non-hydrogen) atoms. The summed E-state index contributed by atoms with van der Waals surface area (Å²) in [4.78, 5) is 10.6. The van der Waals surface area contributed by atoms with Crippen molar-refractivity contribution >= 4 is 5.78 Å². The molecule has 0 heterocycles. The molecule has 0 aromatic carbocycles. The summed E-state index contributed by atoms with van der Waals surface area (Å²) in [5.41, 5.74) is 0. The summed E-state index contributed by atoms with van der Waals surface area (Å²) in [5, 5.41) is 0. The van der Waals surface area contributed by atoms with E-state index in [1.165, 1.54) is 0 Å². The van der Waals surface area contributed by atoms with Crippen molar-refractivity contribution in [2.24, 2.45) is 11.8 Å². The van der Waals surface area contributed by atoms with Gasteiger partial charge in [-0.3, -0.25) is 13.6 Å². The maximum Gasteiger partial charge on any atom is 0.133 e. The Balaban J connectivity index is 2.48. The Labute approximate surface area is 58.4 Å². The zero-order chi connectivity index (χ0) is 7.56. The maximum absolute atomic E-state index is 12.0. The second-order valence-corrected chi connectivity index (χ2v) is 2.78. The first-order chi connectivity index (χ1) is 4.77. The van der Waals surface area contributed by atoms with Crippen molar-refractivity contribution in [2.45, 2.75) is 12.8 Å². The van der Waals surface area contributed by atoms with E-state index < -0.39 is 13.3 Å². The fraction of sp³-hybridized carbons (Fsp3) is 0.857. The number of hydrogen-bond acceptors (Lipinski definition) is 1. The van der Waals surface area contributed by atoms with Gasteiger partial charge in [0.1, 0.15) is 5.78 Å². The first-order valence-corrected chi connectivity index (χ1v) is 3.41. The molecule has 0 N–H and O–H groups in total. The molecule has 0 aliphatic heterocycles. The van der Waals surface area contributed by atoms with Gasteiger partial charge >= 0.3 is 0 Å². The van der Waals surface area contributed by atoms with Gasteiger partial charge in [-0.15, -0.1) is 0 Å². The Morgan fingerprint density at radius 3 is 1.90 bits per heavy atom. The van der Waals surface area contributed by atoms with E-state index in [4.69, 9.17) is 0 Å². The van der Waals surface area contributed by atoms with Gasteiger partial charge in [-0.25, -0.2) is 0 Å². The van der Waals surface area contributed by atoms with Crippen LogP contribution in [0.1, 0.15) is 12.8 Å². The molecule has 1 saturated carbocycles. The zero-order valence-electron chi connectivity index (χ0n) is 5.65. The molecular weight excluding hydrogens is 138 g/mol. The Kier molecular flexibility index (Phi) is 2.35. The molecule has 0 aromatic rings. The largest absolute Gasteiger partial charge is 0.300 e. The van der Waals surface area contributed by atoms with Crippen LogP contribution in [0.5, 0.6) is 0 Å². The Morgan fingerprint density at radius 1 is 1.20 bits per heavy atom. The van der Waals surface area contributed by atoms with Crippen LogP contribution in [0.4, 0.5) is 8.78 Å². The summed E-state index contributed by atoms with van der Waals surface area (Å²) in [6.45, 7) is -1.11. The molecule has 1 rings (SSSR count). The average molecular weight is 148 g/mol. The minimum Gasteiger partial charge on any atom is -0.300 e. The van der Waals surface area contributed by atoms with E-state index in [1.807, 2.05) is 0 Å². The molecule has 2 unspecified atom stereocenters. The van der Waals surface area contributed by atoms with Crippen LogP contribution in [0.25, 0.3) is 0 Å². The molecule has 1 aliphatic rings. The van der Waals surface area contributed by atoms with E-state index in [-0.39, 0.29) is 30.5 Å². The van der Waals surface area contributed by atoms with Crippen molar-refractivity contribution in [3.8, 4) is 0 Å². The molecule has 0 aromatic heterocycles. The van der Waals surface area contributed by atoms with Gasteiger partial charge < -0.3 is 0 Å². The maximum atomic E-state index is 12.0. The predicted octanol–water partition coefficient (Wildman–Crippen LogP) is 1.52. The summed E-state index contributed by atoms with van der Waals surface area (Å²) in [6, 6.07) is 0. The number of Topliss-reactive ketones (excluding diaryl/α,β-unsaturated/α-hetero) is 1. The van der Waals surface area contributed by atoms with E-state index in [0.717, 1.165) is 0 Å². The molecular formula is C7H10F2O. The number of ketones is 1. The molecule has 0 saturated heterocycles. The number of alkyl halides is 2. The predicted molar refractivity (Wildman–Crippen MR) is 33.2 cm³/mol. The third-order valence-electron chi connectivity index (χ3n) is 2.04. The van der Waals surface area contributed by atoms with Gasteiger partial charge in [-0.05, 0) is 11.8 Å². The fourth-order valence-electron chi connectivity index (χ4n) is 1.36. The SMILES string of the molecule is O=C1CC(CF)C(CF)C1. The quantitative estimate of drug-likeness (QED) is 0.580. The second-order valence-electron chi connectivity index (χ2n) is 2.78. The molecule has 58 valence electrons. The molecule has 3 heteroatoms. The van der Waals surface area contributed by atoms with Crippen molar-refractivity contribution in [3.05, 3.63) is 0 Å². The highest BCUT2D eigenvalue weighted by atomic mass is 19.1. The fourth-order valence-corrected chi connectivity index (χ4v) is 1.36. The molecule has 0 spiro atoms. The topological polar surface area (TPSA) is 17.1 Å². The Hall–Kier alpha value is -0.470. The highest BCUT2D eigenvalue weighted by Crippen LogP contribution is 2.29. The molecule has 1 aliphatic carbocycles. The first-order valence-electron chi connectivity index (χ1n) is 3.41. The lowest BCUT2D eigenvalue weighted by Crippen LogP contribution is -2.11. The van der Waals surface area contributed by atoms with E-state index in [1.54, 1.807) is 0 Å². The van der Waals surface area contributed by atoms with Gasteiger partial charge in [-0.2, -0.15) is 0 Å². The molecule has 1 nitrogen and oxygen atoms in total. The summed E-state index contributed by atoms with van der Waals surface area (Å²) in [6.07, 6.45) is 0.482. The first kappa shape index (κ1) is 7.63. The van der Waals surface area contributed by atoms with Crippen molar-refractivity contribution in [1.29, 1.82) is 0 Å². The molecule has 2 atom stereocenters. The van der Waals surface area contributed by atoms with Crippen molar-refractivity contribution in [3.63, 3.8) is 0 Å². The van der Waals surface area contributed by atoms with Crippen LogP contribution in [0, 0.1) is 11.8 Å². The Morgan fingerprint density at radius 2 is 1.60 bits per heavy atom. The summed E-state index contributed by atoms with van der Waals surface area (Å²) >= 11 is 0. The Bertz CT molecular complexity index is 122. The van der Waals surface area contributed by atoms with Crippen LogP contribution in [0.15, 0.2) is 0 Å². The summed E-state index contributed by atoms with van der Waals surface area (Å²) < 4.78 is 24.0. The molecule has 0 bridgehead atoms. The van der Waals surface area contributed by atoms with Gasteiger partial charge in [-0.1, -0.05) is 0 Å². The number of carbonyl (C=O) groups is 1.